The van der Waals surface area contributed by atoms with Gasteiger partial charge in [0.15, 0.2) is 11.0 Å². The van der Waals surface area contributed by atoms with Crippen molar-refractivity contribution in [2.24, 2.45) is 7.05 Å². The van der Waals surface area contributed by atoms with Crippen molar-refractivity contribution in [2.75, 3.05) is 16.8 Å². The van der Waals surface area contributed by atoms with Gasteiger partial charge in [-0.3, -0.25) is 4.79 Å². The molecule has 0 aliphatic rings. The molecule has 0 radical (unpaired) electrons. The largest absolute Gasteiger partial charge is 0.399 e. The Morgan fingerprint density at radius 1 is 1.07 bits per heavy atom. The number of para-hydroxylation sites is 1. The lowest BCUT2D eigenvalue weighted by atomic mass is 10.0. The minimum Gasteiger partial charge on any atom is -0.399 e. The number of rotatable bonds is 7. The highest BCUT2D eigenvalue weighted by Gasteiger charge is 2.14. The molecule has 0 spiro atoms. The Bertz CT molecular complexity index is 943. The van der Waals surface area contributed by atoms with Crippen molar-refractivity contribution < 1.29 is 4.79 Å². The number of aryl methyl sites for hydroxylation is 2. The maximum Gasteiger partial charge on any atom is 0.234 e. The summed E-state index contributed by atoms with van der Waals surface area (Å²) in [6.07, 6.45) is 1.76. The van der Waals surface area contributed by atoms with Crippen LogP contribution in [0, 0.1) is 0 Å². The average Bonchev–Trinajstić information content (AvgIpc) is 3.07. The lowest BCUT2D eigenvalue weighted by Gasteiger charge is -2.14. The molecule has 7 heteroatoms. The van der Waals surface area contributed by atoms with Gasteiger partial charge in [0.05, 0.1) is 5.75 Å². The number of nitrogens with one attached hydrogen (secondary N) is 1. The maximum absolute atomic E-state index is 12.5. The van der Waals surface area contributed by atoms with Crippen LogP contribution in [0.15, 0.2) is 47.6 Å². The van der Waals surface area contributed by atoms with Crippen LogP contribution in [0.1, 0.15) is 25.0 Å². The summed E-state index contributed by atoms with van der Waals surface area (Å²) in [4.78, 5) is 12.5. The summed E-state index contributed by atoms with van der Waals surface area (Å²) in [5.74, 6) is 0.972. The Morgan fingerprint density at radius 2 is 1.71 bits per heavy atom. The van der Waals surface area contributed by atoms with Crippen LogP contribution in [0.3, 0.4) is 0 Å². The third kappa shape index (κ3) is 4.36. The van der Waals surface area contributed by atoms with Crippen LogP contribution in [-0.4, -0.2) is 26.4 Å². The minimum atomic E-state index is -0.0439. The molecular formula is C21H25N5OS. The minimum absolute atomic E-state index is 0.0439. The quantitative estimate of drug-likeness (QED) is 0.468. The fourth-order valence-electron chi connectivity index (χ4n) is 3.03. The highest BCUT2D eigenvalue weighted by Crippen LogP contribution is 2.25. The van der Waals surface area contributed by atoms with Crippen molar-refractivity contribution in [3.63, 3.8) is 0 Å². The van der Waals surface area contributed by atoms with Crippen molar-refractivity contribution in [3.05, 3.63) is 53.6 Å². The van der Waals surface area contributed by atoms with E-state index in [2.05, 4.69) is 41.5 Å². The van der Waals surface area contributed by atoms with E-state index in [4.69, 9.17) is 5.73 Å². The predicted molar refractivity (Wildman–Crippen MR) is 115 cm³/mol. The van der Waals surface area contributed by atoms with E-state index < -0.39 is 0 Å². The number of nitrogen functional groups attached to an aromatic ring is 1. The van der Waals surface area contributed by atoms with Gasteiger partial charge in [0.25, 0.3) is 0 Å². The van der Waals surface area contributed by atoms with Gasteiger partial charge in [-0.25, -0.2) is 0 Å². The molecule has 0 saturated heterocycles. The molecule has 1 aromatic heterocycles. The lowest BCUT2D eigenvalue weighted by molar-refractivity contribution is -0.113. The Labute approximate surface area is 169 Å². The number of amides is 1. The summed E-state index contributed by atoms with van der Waals surface area (Å²) in [6.45, 7) is 4.19. The molecule has 3 rings (SSSR count). The summed E-state index contributed by atoms with van der Waals surface area (Å²) in [5, 5.41) is 12.3. The molecule has 0 fully saturated rings. The summed E-state index contributed by atoms with van der Waals surface area (Å²) in [7, 11) is 1.90. The van der Waals surface area contributed by atoms with Crippen molar-refractivity contribution in [1.82, 2.24) is 14.8 Å². The fourth-order valence-corrected chi connectivity index (χ4v) is 3.74. The second-order valence-corrected chi connectivity index (χ2v) is 7.42. The number of carbonyl (C=O) groups excluding carboxylic acids is 1. The molecule has 1 amide bonds. The highest BCUT2D eigenvalue weighted by atomic mass is 32.2. The van der Waals surface area contributed by atoms with Gasteiger partial charge >= 0.3 is 0 Å². The lowest BCUT2D eigenvalue weighted by Crippen LogP contribution is -2.17. The molecule has 0 unspecified atom stereocenters. The van der Waals surface area contributed by atoms with E-state index in [1.807, 2.05) is 41.9 Å². The van der Waals surface area contributed by atoms with Crippen LogP contribution >= 0.6 is 11.8 Å². The van der Waals surface area contributed by atoms with Gasteiger partial charge in [-0.2, -0.15) is 0 Å². The Balaban J connectivity index is 1.68. The van der Waals surface area contributed by atoms with Crippen LogP contribution in [0.5, 0.6) is 0 Å². The number of nitrogens with two attached hydrogens (primary N) is 1. The van der Waals surface area contributed by atoms with Crippen molar-refractivity contribution >= 4 is 29.0 Å². The molecule has 0 atom stereocenters. The molecule has 3 N–H and O–H groups in total. The van der Waals surface area contributed by atoms with Gasteiger partial charge in [-0.1, -0.05) is 43.8 Å². The van der Waals surface area contributed by atoms with Gasteiger partial charge in [0.2, 0.25) is 5.91 Å². The number of benzene rings is 2. The first-order valence-corrected chi connectivity index (χ1v) is 10.3. The zero-order valence-electron chi connectivity index (χ0n) is 16.4. The molecule has 1 heterocycles. The van der Waals surface area contributed by atoms with Crippen LogP contribution in [0.2, 0.25) is 0 Å². The molecule has 28 heavy (non-hydrogen) atoms. The van der Waals surface area contributed by atoms with Gasteiger partial charge < -0.3 is 15.6 Å². The SMILES string of the molecule is CCc1cccc(CC)c1NC(=O)CSc1nnc(-c2ccc(N)cc2)n1C. The zero-order valence-corrected chi connectivity index (χ0v) is 17.2. The van der Waals surface area contributed by atoms with E-state index in [1.54, 1.807) is 0 Å². The summed E-state index contributed by atoms with van der Waals surface area (Å²) in [6, 6.07) is 13.7. The van der Waals surface area contributed by atoms with Gasteiger partial charge in [-0.05, 0) is 48.2 Å². The number of anilines is 2. The zero-order chi connectivity index (χ0) is 20.1. The molecule has 146 valence electrons. The van der Waals surface area contributed by atoms with Crippen LogP contribution in [0.4, 0.5) is 11.4 Å². The Hall–Kier alpha value is -2.80. The normalized spacial score (nSPS) is 10.8. The molecule has 0 bridgehead atoms. The summed E-state index contributed by atoms with van der Waals surface area (Å²) >= 11 is 1.37. The second-order valence-electron chi connectivity index (χ2n) is 6.48. The molecule has 2 aromatic carbocycles. The number of aromatic nitrogens is 3. The van der Waals surface area contributed by atoms with Crippen LogP contribution in [0.25, 0.3) is 11.4 Å². The van der Waals surface area contributed by atoms with Gasteiger partial charge in [0, 0.05) is 24.0 Å². The Kier molecular flexibility index (Phi) is 6.36. The van der Waals surface area contributed by atoms with Crippen molar-refractivity contribution in [1.29, 1.82) is 0 Å². The first-order chi connectivity index (χ1) is 13.5. The summed E-state index contributed by atoms with van der Waals surface area (Å²) < 4.78 is 1.89. The first-order valence-electron chi connectivity index (χ1n) is 9.32. The Morgan fingerprint density at radius 3 is 2.32 bits per heavy atom. The number of thioether (sulfide) groups is 1. The topological polar surface area (TPSA) is 85.8 Å². The van der Waals surface area contributed by atoms with E-state index in [-0.39, 0.29) is 11.7 Å². The predicted octanol–water partition coefficient (Wildman–Crippen LogP) is 3.92. The third-order valence-corrected chi connectivity index (χ3v) is 5.62. The fraction of sp³-hybridized carbons (Fsp3) is 0.286. The third-order valence-electron chi connectivity index (χ3n) is 4.60. The molecule has 0 aliphatic carbocycles. The van der Waals surface area contributed by atoms with Crippen molar-refractivity contribution in [2.45, 2.75) is 31.8 Å². The molecule has 0 aliphatic heterocycles. The van der Waals surface area contributed by atoms with Crippen LogP contribution in [-0.2, 0) is 24.7 Å². The number of nitrogens with zero attached hydrogens (tertiary/aromatic N) is 3. The van der Waals surface area contributed by atoms with Crippen LogP contribution < -0.4 is 11.1 Å². The average molecular weight is 396 g/mol. The standard InChI is InChI=1S/C21H25N5OS/c1-4-14-7-6-8-15(5-2)19(14)23-18(27)13-28-21-25-24-20(26(21)3)16-9-11-17(22)12-10-16/h6-12H,4-5,13,22H2,1-3H3,(H,23,27). The van der Waals surface area contributed by atoms with Gasteiger partial charge in [0.1, 0.15) is 0 Å². The highest BCUT2D eigenvalue weighted by molar-refractivity contribution is 7.99. The smallest absolute Gasteiger partial charge is 0.234 e. The number of carbonyl (C=O) groups is 1. The summed E-state index contributed by atoms with van der Waals surface area (Å²) in [5.41, 5.74) is 10.6. The van der Waals surface area contributed by atoms with Gasteiger partial charge in [-0.15, -0.1) is 10.2 Å². The second kappa shape index (κ2) is 8.93. The van der Waals surface area contributed by atoms with E-state index in [0.29, 0.717) is 10.8 Å². The molecule has 0 saturated carbocycles. The van der Waals surface area contributed by atoms with E-state index in [1.165, 1.54) is 11.8 Å². The monoisotopic (exact) mass is 395 g/mol. The maximum atomic E-state index is 12.5. The van der Waals surface area contributed by atoms with E-state index in [0.717, 1.165) is 41.0 Å². The number of hydrogen-bond acceptors (Lipinski definition) is 5. The van der Waals surface area contributed by atoms with E-state index >= 15 is 0 Å². The molecule has 6 nitrogen and oxygen atoms in total. The molecular weight excluding hydrogens is 370 g/mol. The first kappa shape index (κ1) is 19.9. The molecule has 3 aromatic rings. The van der Waals surface area contributed by atoms with E-state index in [9.17, 15) is 4.79 Å². The number of hydrogen-bond donors (Lipinski definition) is 2. The van der Waals surface area contributed by atoms with Crippen molar-refractivity contribution in [3.8, 4) is 11.4 Å².